The van der Waals surface area contributed by atoms with E-state index in [1.165, 1.54) is 6.07 Å². The maximum absolute atomic E-state index is 13.6. The van der Waals surface area contributed by atoms with Crippen molar-refractivity contribution in [2.45, 2.75) is 13.8 Å². The molecule has 0 atom stereocenters. The monoisotopic (exact) mass is 268 g/mol. The maximum Gasteiger partial charge on any atom is 0.228 e. The van der Waals surface area contributed by atoms with Gasteiger partial charge in [-0.2, -0.15) is 0 Å². The van der Waals surface area contributed by atoms with Gasteiger partial charge in [0.25, 0.3) is 0 Å². The zero-order valence-electron chi connectivity index (χ0n) is 11.2. The van der Waals surface area contributed by atoms with Crippen molar-refractivity contribution in [2.24, 2.45) is 0 Å². The van der Waals surface area contributed by atoms with Crippen LogP contribution in [-0.2, 0) is 0 Å². The van der Waals surface area contributed by atoms with Crippen LogP contribution in [0.1, 0.15) is 27.2 Å². The van der Waals surface area contributed by atoms with Crippen LogP contribution in [0.3, 0.4) is 0 Å². The zero-order valence-corrected chi connectivity index (χ0v) is 11.2. The topological polar surface area (TPSA) is 30.2 Å². The Morgan fingerprint density at radius 2 is 1.85 bits per heavy atom. The predicted octanol–water partition coefficient (Wildman–Crippen LogP) is 4.42. The van der Waals surface area contributed by atoms with Crippen molar-refractivity contribution in [2.75, 3.05) is 0 Å². The molecule has 0 aliphatic heterocycles. The van der Waals surface area contributed by atoms with Crippen LogP contribution in [0.4, 0.5) is 4.39 Å². The summed E-state index contributed by atoms with van der Waals surface area (Å²) in [4.78, 5) is 12.4. The normalized spacial score (nSPS) is 10.9. The summed E-state index contributed by atoms with van der Waals surface area (Å²) < 4.78 is 18.9. The SMILES string of the molecule is Cc1ccc(C(=O)c2cc3cccc(F)c3o2)cc1C. The van der Waals surface area contributed by atoms with E-state index < -0.39 is 5.82 Å². The molecule has 0 spiro atoms. The van der Waals surface area contributed by atoms with Crippen LogP contribution in [-0.4, -0.2) is 5.78 Å². The number of ketones is 1. The minimum atomic E-state index is -0.457. The third-order valence-corrected chi connectivity index (χ3v) is 3.49. The number of benzene rings is 2. The van der Waals surface area contributed by atoms with Crippen LogP contribution in [0.25, 0.3) is 11.0 Å². The zero-order chi connectivity index (χ0) is 14.3. The van der Waals surface area contributed by atoms with E-state index in [9.17, 15) is 9.18 Å². The van der Waals surface area contributed by atoms with Gasteiger partial charge in [-0.15, -0.1) is 0 Å². The molecule has 1 aromatic heterocycles. The van der Waals surface area contributed by atoms with Crippen molar-refractivity contribution in [1.82, 2.24) is 0 Å². The maximum atomic E-state index is 13.6. The lowest BCUT2D eigenvalue weighted by molar-refractivity contribution is 0.101. The number of hydrogen-bond acceptors (Lipinski definition) is 2. The van der Waals surface area contributed by atoms with Crippen LogP contribution >= 0.6 is 0 Å². The van der Waals surface area contributed by atoms with Crippen LogP contribution in [0, 0.1) is 19.7 Å². The second-order valence-electron chi connectivity index (χ2n) is 4.90. The highest BCUT2D eigenvalue weighted by molar-refractivity contribution is 6.09. The fourth-order valence-electron chi connectivity index (χ4n) is 2.16. The fourth-order valence-corrected chi connectivity index (χ4v) is 2.16. The van der Waals surface area contributed by atoms with Crippen LogP contribution in [0.5, 0.6) is 0 Å². The van der Waals surface area contributed by atoms with Crippen molar-refractivity contribution in [1.29, 1.82) is 0 Å². The van der Waals surface area contributed by atoms with Crippen LogP contribution < -0.4 is 0 Å². The van der Waals surface area contributed by atoms with Crippen LogP contribution in [0.15, 0.2) is 46.9 Å². The van der Waals surface area contributed by atoms with E-state index in [4.69, 9.17) is 4.42 Å². The molecule has 3 aromatic rings. The molecule has 2 aromatic carbocycles. The van der Waals surface area contributed by atoms with E-state index in [0.29, 0.717) is 10.9 Å². The molecular formula is C17H13FO2. The second-order valence-corrected chi connectivity index (χ2v) is 4.90. The summed E-state index contributed by atoms with van der Waals surface area (Å²) in [6.45, 7) is 3.94. The molecule has 0 radical (unpaired) electrons. The molecule has 1 heterocycles. The Morgan fingerprint density at radius 1 is 1.05 bits per heavy atom. The first-order chi connectivity index (χ1) is 9.56. The Bertz CT molecular complexity index is 815. The molecule has 0 unspecified atom stereocenters. The van der Waals surface area contributed by atoms with Gasteiger partial charge in [-0.1, -0.05) is 24.3 Å². The number of carbonyl (C=O) groups excluding carboxylic acids is 1. The lowest BCUT2D eigenvalue weighted by Crippen LogP contribution is -2.00. The average Bonchev–Trinajstić information content (AvgIpc) is 2.86. The molecular weight excluding hydrogens is 255 g/mol. The van der Waals surface area contributed by atoms with Gasteiger partial charge in [-0.05, 0) is 43.2 Å². The highest BCUT2D eigenvalue weighted by Crippen LogP contribution is 2.24. The van der Waals surface area contributed by atoms with E-state index in [0.717, 1.165) is 11.1 Å². The lowest BCUT2D eigenvalue weighted by atomic mass is 10.0. The number of hydrogen-bond donors (Lipinski definition) is 0. The standard InChI is InChI=1S/C17H13FO2/c1-10-6-7-12(8-11(10)2)16(19)15-9-13-4-3-5-14(18)17(13)20-15/h3-9H,1-2H3. The van der Waals surface area contributed by atoms with E-state index >= 15 is 0 Å². The van der Waals surface area contributed by atoms with Crippen molar-refractivity contribution < 1.29 is 13.6 Å². The second kappa shape index (κ2) is 4.60. The van der Waals surface area contributed by atoms with Crippen molar-refractivity contribution in [3.05, 3.63) is 70.7 Å². The Morgan fingerprint density at radius 3 is 2.55 bits per heavy atom. The number of rotatable bonds is 2. The molecule has 0 saturated carbocycles. The van der Waals surface area contributed by atoms with Crippen LogP contribution in [0.2, 0.25) is 0 Å². The van der Waals surface area contributed by atoms with Crippen molar-refractivity contribution >= 4 is 16.8 Å². The number of aryl methyl sites for hydroxylation is 2. The van der Waals surface area contributed by atoms with E-state index in [1.807, 2.05) is 26.0 Å². The van der Waals surface area contributed by atoms with Gasteiger partial charge in [-0.3, -0.25) is 4.79 Å². The summed E-state index contributed by atoms with van der Waals surface area (Å²) in [5, 5.41) is 0.595. The summed E-state index contributed by atoms with van der Waals surface area (Å²) in [6, 6.07) is 11.7. The summed E-state index contributed by atoms with van der Waals surface area (Å²) in [5.41, 5.74) is 2.84. The minimum Gasteiger partial charge on any atom is -0.449 e. The van der Waals surface area contributed by atoms with Gasteiger partial charge in [0.2, 0.25) is 5.78 Å². The van der Waals surface area contributed by atoms with Gasteiger partial charge >= 0.3 is 0 Å². The quantitative estimate of drug-likeness (QED) is 0.644. The molecule has 0 amide bonds. The molecule has 0 fully saturated rings. The highest BCUT2D eigenvalue weighted by atomic mass is 19.1. The number of para-hydroxylation sites is 1. The molecule has 0 aliphatic carbocycles. The van der Waals surface area contributed by atoms with Gasteiger partial charge in [0.15, 0.2) is 17.2 Å². The molecule has 2 nitrogen and oxygen atoms in total. The van der Waals surface area contributed by atoms with Gasteiger partial charge in [0, 0.05) is 10.9 Å². The third kappa shape index (κ3) is 2.01. The molecule has 100 valence electrons. The van der Waals surface area contributed by atoms with Gasteiger partial charge < -0.3 is 4.42 Å². The summed E-state index contributed by atoms with van der Waals surface area (Å²) in [7, 11) is 0. The van der Waals surface area contributed by atoms with Crippen molar-refractivity contribution in [3.8, 4) is 0 Å². The van der Waals surface area contributed by atoms with E-state index in [-0.39, 0.29) is 17.1 Å². The summed E-state index contributed by atoms with van der Waals surface area (Å²) >= 11 is 0. The summed E-state index contributed by atoms with van der Waals surface area (Å²) in [6.07, 6.45) is 0. The van der Waals surface area contributed by atoms with E-state index in [2.05, 4.69) is 0 Å². The fraction of sp³-hybridized carbons (Fsp3) is 0.118. The Labute approximate surface area is 115 Å². The molecule has 0 bridgehead atoms. The molecule has 0 saturated heterocycles. The van der Waals surface area contributed by atoms with Gasteiger partial charge in [-0.25, -0.2) is 4.39 Å². The number of fused-ring (bicyclic) bond motifs is 1. The molecule has 3 rings (SSSR count). The molecule has 0 N–H and O–H groups in total. The lowest BCUT2D eigenvalue weighted by Gasteiger charge is -2.02. The first-order valence-electron chi connectivity index (χ1n) is 6.36. The Balaban J connectivity index is 2.08. The first kappa shape index (κ1) is 12.6. The van der Waals surface area contributed by atoms with Gasteiger partial charge in [0.1, 0.15) is 0 Å². The van der Waals surface area contributed by atoms with Crippen molar-refractivity contribution in [3.63, 3.8) is 0 Å². The minimum absolute atomic E-state index is 0.125. The van der Waals surface area contributed by atoms with Gasteiger partial charge in [0.05, 0.1) is 0 Å². The average molecular weight is 268 g/mol. The largest absolute Gasteiger partial charge is 0.449 e. The smallest absolute Gasteiger partial charge is 0.228 e. The highest BCUT2D eigenvalue weighted by Gasteiger charge is 2.16. The Hall–Kier alpha value is -2.42. The predicted molar refractivity (Wildman–Crippen MR) is 75.5 cm³/mol. The molecule has 20 heavy (non-hydrogen) atoms. The Kier molecular flexibility index (Phi) is 2.90. The summed E-state index contributed by atoms with van der Waals surface area (Å²) in [5.74, 6) is -0.529. The number of furan rings is 1. The third-order valence-electron chi connectivity index (χ3n) is 3.49. The first-order valence-corrected chi connectivity index (χ1v) is 6.36. The molecule has 0 aliphatic rings. The number of carbonyl (C=O) groups is 1. The molecule has 3 heteroatoms. The number of halogens is 1. The van der Waals surface area contributed by atoms with E-state index in [1.54, 1.807) is 24.3 Å².